The van der Waals surface area contributed by atoms with Crippen molar-refractivity contribution in [1.29, 1.82) is 0 Å². The van der Waals surface area contributed by atoms with Gasteiger partial charge in [0.2, 0.25) is 5.91 Å². The van der Waals surface area contributed by atoms with Crippen molar-refractivity contribution in [3.05, 3.63) is 69.0 Å². The normalized spacial score (nSPS) is 17.9. The highest BCUT2D eigenvalue weighted by atomic mass is 35.5. The Morgan fingerprint density at radius 2 is 1.76 bits per heavy atom. The van der Waals surface area contributed by atoms with Crippen LogP contribution in [0.1, 0.15) is 24.8 Å². The van der Waals surface area contributed by atoms with Gasteiger partial charge in [0.1, 0.15) is 6.54 Å². The van der Waals surface area contributed by atoms with Gasteiger partial charge in [-0.3, -0.25) is 18.7 Å². The van der Waals surface area contributed by atoms with Gasteiger partial charge in [0, 0.05) is 31.9 Å². The van der Waals surface area contributed by atoms with Crippen LogP contribution < -0.4 is 16.6 Å². The molecule has 1 N–H and O–H groups in total. The highest BCUT2D eigenvalue weighted by molar-refractivity contribution is 5.85. The molecule has 2 saturated heterocycles. The van der Waals surface area contributed by atoms with E-state index in [2.05, 4.69) is 5.32 Å². The molecule has 0 radical (unpaired) electrons. The number of halogens is 1. The van der Waals surface area contributed by atoms with Gasteiger partial charge < -0.3 is 10.2 Å². The molecule has 0 atom stereocenters. The maximum Gasteiger partial charge on any atom is 0.331 e. The molecule has 0 saturated carbocycles. The summed E-state index contributed by atoms with van der Waals surface area (Å²) < 4.78 is 2.52. The number of piperidine rings is 1. The van der Waals surface area contributed by atoms with Gasteiger partial charge in [0.05, 0.1) is 6.54 Å². The molecule has 156 valence electrons. The molecule has 7 nitrogen and oxygen atoms in total. The Morgan fingerprint density at radius 1 is 1.03 bits per heavy atom. The Balaban J connectivity index is 0.00000240. The Hall–Kier alpha value is -2.38. The predicted octanol–water partition coefficient (Wildman–Crippen LogP) is 1.08. The van der Waals surface area contributed by atoms with Crippen LogP contribution in [-0.2, 0) is 17.9 Å². The Bertz CT molecular complexity index is 954. The highest BCUT2D eigenvalue weighted by Gasteiger charge is 2.38. The highest BCUT2D eigenvalue weighted by Crippen LogP contribution is 2.36. The average Bonchev–Trinajstić information content (AvgIpc) is 3.16. The molecule has 1 aromatic heterocycles. The maximum atomic E-state index is 12.8. The summed E-state index contributed by atoms with van der Waals surface area (Å²) in [5.74, 6) is -0.155. The number of aromatic nitrogens is 2. The van der Waals surface area contributed by atoms with Crippen LogP contribution >= 0.6 is 12.4 Å². The molecule has 3 heterocycles. The number of rotatable bonds is 4. The van der Waals surface area contributed by atoms with Gasteiger partial charge in [-0.25, -0.2) is 4.79 Å². The number of nitrogens with one attached hydrogen (secondary N) is 1. The molecule has 0 aliphatic carbocycles. The van der Waals surface area contributed by atoms with Crippen molar-refractivity contribution in [2.24, 2.45) is 5.41 Å². The first-order valence-corrected chi connectivity index (χ1v) is 9.89. The number of carbonyl (C=O) groups excluding carboxylic acids is 1. The van der Waals surface area contributed by atoms with E-state index in [1.807, 2.05) is 30.3 Å². The molecule has 1 spiro atoms. The molecular formula is C21H27ClN4O3. The predicted molar refractivity (Wildman–Crippen MR) is 113 cm³/mol. The van der Waals surface area contributed by atoms with E-state index in [9.17, 15) is 14.4 Å². The van der Waals surface area contributed by atoms with Crippen molar-refractivity contribution in [3.8, 4) is 0 Å². The Labute approximate surface area is 175 Å². The van der Waals surface area contributed by atoms with E-state index in [-0.39, 0.29) is 24.9 Å². The van der Waals surface area contributed by atoms with E-state index >= 15 is 0 Å². The number of nitrogens with zero attached hydrogens (tertiary/aromatic N) is 3. The lowest BCUT2D eigenvalue weighted by molar-refractivity contribution is -0.134. The largest absolute Gasteiger partial charge is 0.341 e. The molecule has 2 aromatic rings. The van der Waals surface area contributed by atoms with Crippen LogP contribution in [0, 0.1) is 5.41 Å². The maximum absolute atomic E-state index is 12.8. The molecule has 0 bridgehead atoms. The van der Waals surface area contributed by atoms with E-state index < -0.39 is 11.2 Å². The third-order valence-corrected chi connectivity index (χ3v) is 6.14. The zero-order valence-corrected chi connectivity index (χ0v) is 17.2. The van der Waals surface area contributed by atoms with Crippen molar-refractivity contribution in [3.63, 3.8) is 0 Å². The fourth-order valence-electron chi connectivity index (χ4n) is 4.29. The fraction of sp³-hybridized carbons (Fsp3) is 0.476. The van der Waals surface area contributed by atoms with Crippen LogP contribution in [0.25, 0.3) is 0 Å². The van der Waals surface area contributed by atoms with Gasteiger partial charge >= 0.3 is 5.69 Å². The van der Waals surface area contributed by atoms with Crippen molar-refractivity contribution >= 4 is 18.3 Å². The summed E-state index contributed by atoms with van der Waals surface area (Å²) >= 11 is 0. The molecule has 2 aliphatic rings. The molecule has 1 amide bonds. The van der Waals surface area contributed by atoms with Crippen molar-refractivity contribution in [1.82, 2.24) is 19.4 Å². The molecular weight excluding hydrogens is 392 g/mol. The van der Waals surface area contributed by atoms with Crippen LogP contribution in [0.5, 0.6) is 0 Å². The van der Waals surface area contributed by atoms with Gasteiger partial charge in [0.25, 0.3) is 5.56 Å². The van der Waals surface area contributed by atoms with E-state index in [1.165, 1.54) is 16.8 Å². The SMILES string of the molecule is Cl.O=C(Cn1c(=O)ccn(Cc2ccccc2)c1=O)N1CCC2(CCNC2)CC1. The lowest BCUT2D eigenvalue weighted by Gasteiger charge is -2.38. The quantitative estimate of drug-likeness (QED) is 0.806. The summed E-state index contributed by atoms with van der Waals surface area (Å²) in [6.45, 7) is 3.64. The first-order valence-electron chi connectivity index (χ1n) is 9.89. The Morgan fingerprint density at radius 3 is 2.41 bits per heavy atom. The average molecular weight is 419 g/mol. The van der Waals surface area contributed by atoms with Gasteiger partial charge in [0.15, 0.2) is 0 Å². The summed E-state index contributed by atoms with van der Waals surface area (Å²) in [6, 6.07) is 10.9. The molecule has 2 aliphatic heterocycles. The minimum atomic E-state index is -0.446. The minimum Gasteiger partial charge on any atom is -0.341 e. The van der Waals surface area contributed by atoms with Gasteiger partial charge in [-0.15, -0.1) is 12.4 Å². The second kappa shape index (κ2) is 8.97. The van der Waals surface area contributed by atoms with Crippen LogP contribution in [0.4, 0.5) is 0 Å². The summed E-state index contributed by atoms with van der Waals surface area (Å²) in [5.41, 5.74) is 0.407. The molecule has 29 heavy (non-hydrogen) atoms. The summed E-state index contributed by atoms with van der Waals surface area (Å²) in [7, 11) is 0. The van der Waals surface area contributed by atoms with Gasteiger partial charge in [-0.1, -0.05) is 30.3 Å². The third-order valence-electron chi connectivity index (χ3n) is 6.14. The lowest BCUT2D eigenvalue weighted by Crippen LogP contribution is -2.48. The second-order valence-electron chi connectivity index (χ2n) is 7.94. The number of benzene rings is 1. The monoisotopic (exact) mass is 418 g/mol. The van der Waals surface area contributed by atoms with Crippen molar-refractivity contribution in [2.75, 3.05) is 26.2 Å². The summed E-state index contributed by atoms with van der Waals surface area (Å²) in [5, 5.41) is 3.41. The summed E-state index contributed by atoms with van der Waals surface area (Å²) in [6.07, 6.45) is 4.62. The van der Waals surface area contributed by atoms with E-state index in [0.29, 0.717) is 25.0 Å². The Kier molecular flexibility index (Phi) is 6.59. The molecule has 2 fully saturated rings. The molecule has 0 unspecified atom stereocenters. The summed E-state index contributed by atoms with van der Waals surface area (Å²) in [4.78, 5) is 39.5. The fourth-order valence-corrected chi connectivity index (χ4v) is 4.29. The smallest absolute Gasteiger partial charge is 0.331 e. The number of hydrogen-bond donors (Lipinski definition) is 1. The van der Waals surface area contributed by atoms with E-state index in [4.69, 9.17) is 0 Å². The zero-order chi connectivity index (χ0) is 19.6. The lowest BCUT2D eigenvalue weighted by atomic mass is 9.78. The van der Waals surface area contributed by atoms with Crippen molar-refractivity contribution in [2.45, 2.75) is 32.4 Å². The first kappa shape index (κ1) is 21.3. The second-order valence-corrected chi connectivity index (χ2v) is 7.94. The molecule has 1 aromatic carbocycles. The van der Waals surface area contributed by atoms with E-state index in [0.717, 1.165) is 42.5 Å². The molecule has 8 heteroatoms. The number of likely N-dealkylation sites (tertiary alicyclic amines) is 1. The van der Waals surface area contributed by atoms with E-state index in [1.54, 1.807) is 4.90 Å². The van der Waals surface area contributed by atoms with Crippen LogP contribution in [-0.4, -0.2) is 46.1 Å². The van der Waals surface area contributed by atoms with Crippen LogP contribution in [0.3, 0.4) is 0 Å². The van der Waals surface area contributed by atoms with Crippen LogP contribution in [0.15, 0.2) is 52.2 Å². The topological polar surface area (TPSA) is 76.3 Å². The standard InChI is InChI=1S/C21H26N4O3.ClH/c26-18-6-11-24(14-17-4-2-1-3-5-17)20(28)25(18)15-19(27)23-12-8-21(9-13-23)7-10-22-16-21;/h1-6,11,22H,7-10,12-16H2;1H. The third kappa shape index (κ3) is 4.62. The molecule has 4 rings (SSSR count). The van der Waals surface area contributed by atoms with Crippen molar-refractivity contribution < 1.29 is 4.79 Å². The number of hydrogen-bond acceptors (Lipinski definition) is 4. The van der Waals surface area contributed by atoms with Gasteiger partial charge in [-0.2, -0.15) is 0 Å². The number of carbonyl (C=O) groups is 1. The first-order chi connectivity index (χ1) is 13.6. The number of amides is 1. The van der Waals surface area contributed by atoms with Crippen LogP contribution in [0.2, 0.25) is 0 Å². The minimum absolute atomic E-state index is 0. The van der Waals surface area contributed by atoms with Gasteiger partial charge in [-0.05, 0) is 36.8 Å². The zero-order valence-electron chi connectivity index (χ0n) is 16.4.